The molecule has 0 radical (unpaired) electrons. The van der Waals surface area contributed by atoms with Gasteiger partial charge >= 0.3 is 0 Å². The van der Waals surface area contributed by atoms with E-state index in [1.54, 1.807) is 0 Å². The van der Waals surface area contributed by atoms with Crippen LogP contribution in [-0.4, -0.2) is 35.6 Å². The average Bonchev–Trinajstić information content (AvgIpc) is 2.39. The van der Waals surface area contributed by atoms with E-state index < -0.39 is 0 Å². The number of pyridine rings is 1. The summed E-state index contributed by atoms with van der Waals surface area (Å²) in [6.07, 6.45) is 5.97. The van der Waals surface area contributed by atoms with E-state index in [9.17, 15) is 0 Å². The molecule has 1 saturated heterocycles. The van der Waals surface area contributed by atoms with E-state index in [0.29, 0.717) is 6.04 Å². The number of piperidine rings is 1. The molecule has 1 unspecified atom stereocenters. The first-order valence-corrected chi connectivity index (χ1v) is 7.60. The van der Waals surface area contributed by atoms with E-state index in [-0.39, 0.29) is 0 Å². The zero-order valence-corrected chi connectivity index (χ0v) is 12.6. The van der Waals surface area contributed by atoms with Crippen LogP contribution in [0.5, 0.6) is 0 Å². The molecule has 18 heavy (non-hydrogen) atoms. The first-order chi connectivity index (χ1) is 8.75. The summed E-state index contributed by atoms with van der Waals surface area (Å²) in [4.78, 5) is 6.94. The zero-order valence-electron chi connectivity index (χ0n) is 11.0. The van der Waals surface area contributed by atoms with Crippen LogP contribution in [-0.2, 0) is 6.54 Å². The van der Waals surface area contributed by atoms with E-state index in [4.69, 9.17) is 0 Å². The van der Waals surface area contributed by atoms with Gasteiger partial charge in [0.25, 0.3) is 0 Å². The number of nitrogens with zero attached hydrogens (tertiary/aromatic N) is 2. The molecule has 3 nitrogen and oxygen atoms in total. The van der Waals surface area contributed by atoms with Gasteiger partial charge in [-0.3, -0.25) is 4.98 Å². The van der Waals surface area contributed by atoms with Crippen LogP contribution < -0.4 is 5.32 Å². The number of hydrogen-bond donors (Lipinski definition) is 1. The molecule has 0 amide bonds. The Labute approximate surface area is 118 Å². The van der Waals surface area contributed by atoms with Gasteiger partial charge in [0.2, 0.25) is 0 Å². The van der Waals surface area contributed by atoms with Gasteiger partial charge in [0.1, 0.15) is 0 Å². The molecule has 1 aromatic rings. The summed E-state index contributed by atoms with van der Waals surface area (Å²) in [6.45, 7) is 6.75. The molecular formula is C14H22BrN3. The van der Waals surface area contributed by atoms with Crippen molar-refractivity contribution in [3.05, 3.63) is 28.5 Å². The normalized spacial score (nSPS) is 18.8. The lowest BCUT2D eigenvalue weighted by Crippen LogP contribution is -2.41. The van der Waals surface area contributed by atoms with Crippen molar-refractivity contribution in [3.63, 3.8) is 0 Å². The highest BCUT2D eigenvalue weighted by Gasteiger charge is 2.13. The van der Waals surface area contributed by atoms with Gasteiger partial charge in [-0.2, -0.15) is 0 Å². The summed E-state index contributed by atoms with van der Waals surface area (Å²) in [5.74, 6) is 0. The van der Waals surface area contributed by atoms with E-state index in [1.165, 1.54) is 32.4 Å². The minimum atomic E-state index is 0.511. The molecule has 2 heterocycles. The lowest BCUT2D eigenvalue weighted by molar-refractivity contribution is 0.208. The number of halogens is 1. The molecule has 0 spiro atoms. The highest BCUT2D eigenvalue weighted by Crippen LogP contribution is 2.13. The van der Waals surface area contributed by atoms with Crippen molar-refractivity contribution in [2.75, 3.05) is 19.6 Å². The van der Waals surface area contributed by atoms with Gasteiger partial charge in [-0.15, -0.1) is 0 Å². The van der Waals surface area contributed by atoms with Crippen LogP contribution in [0.4, 0.5) is 0 Å². The van der Waals surface area contributed by atoms with E-state index in [0.717, 1.165) is 23.3 Å². The van der Waals surface area contributed by atoms with E-state index in [1.807, 2.05) is 18.3 Å². The van der Waals surface area contributed by atoms with Crippen LogP contribution in [0.15, 0.2) is 22.8 Å². The van der Waals surface area contributed by atoms with Gasteiger partial charge < -0.3 is 10.2 Å². The van der Waals surface area contributed by atoms with Crippen LogP contribution >= 0.6 is 15.9 Å². The number of likely N-dealkylation sites (tertiary alicyclic amines) is 1. The van der Waals surface area contributed by atoms with Crippen LogP contribution in [0.3, 0.4) is 0 Å². The fraction of sp³-hybridized carbons (Fsp3) is 0.643. The van der Waals surface area contributed by atoms with Crippen molar-refractivity contribution in [2.45, 2.75) is 38.8 Å². The molecule has 0 saturated carbocycles. The lowest BCUT2D eigenvalue weighted by atomic mass is 10.1. The third kappa shape index (κ3) is 4.34. The second-order valence-electron chi connectivity index (χ2n) is 5.08. The predicted molar refractivity (Wildman–Crippen MR) is 78.5 cm³/mol. The van der Waals surface area contributed by atoms with Gasteiger partial charge in [-0.25, -0.2) is 0 Å². The van der Waals surface area contributed by atoms with E-state index >= 15 is 0 Å². The monoisotopic (exact) mass is 311 g/mol. The van der Waals surface area contributed by atoms with Crippen LogP contribution in [0, 0.1) is 0 Å². The van der Waals surface area contributed by atoms with Crippen molar-refractivity contribution >= 4 is 15.9 Å². The van der Waals surface area contributed by atoms with Crippen LogP contribution in [0.1, 0.15) is 31.9 Å². The zero-order chi connectivity index (χ0) is 12.8. The van der Waals surface area contributed by atoms with E-state index in [2.05, 4.69) is 38.1 Å². The third-order valence-corrected chi connectivity index (χ3v) is 4.16. The van der Waals surface area contributed by atoms with Gasteiger partial charge in [-0.05, 0) is 60.9 Å². The van der Waals surface area contributed by atoms with Crippen molar-refractivity contribution < 1.29 is 0 Å². The molecule has 0 bridgehead atoms. The Kier molecular flexibility index (Phi) is 5.60. The third-order valence-electron chi connectivity index (χ3n) is 3.43. The smallest absolute Gasteiger partial charge is 0.0683 e. The summed E-state index contributed by atoms with van der Waals surface area (Å²) in [5.41, 5.74) is 1.09. The molecule has 0 aliphatic carbocycles. The molecular weight excluding hydrogens is 290 g/mol. The first kappa shape index (κ1) is 14.0. The van der Waals surface area contributed by atoms with Gasteiger partial charge in [0.05, 0.1) is 5.69 Å². The number of rotatable bonds is 5. The molecule has 0 aromatic carbocycles. The molecule has 1 aliphatic heterocycles. The highest BCUT2D eigenvalue weighted by atomic mass is 79.9. The number of nitrogens with one attached hydrogen (secondary N) is 1. The van der Waals surface area contributed by atoms with Crippen LogP contribution in [0.2, 0.25) is 0 Å². The minimum Gasteiger partial charge on any atom is -0.307 e. The Hall–Kier alpha value is -0.450. The van der Waals surface area contributed by atoms with Crippen LogP contribution in [0.25, 0.3) is 0 Å². The Morgan fingerprint density at radius 2 is 2.17 bits per heavy atom. The quantitative estimate of drug-likeness (QED) is 0.906. The molecule has 100 valence electrons. The Bertz CT molecular complexity index is 364. The summed E-state index contributed by atoms with van der Waals surface area (Å²) >= 11 is 3.53. The van der Waals surface area contributed by atoms with Gasteiger partial charge in [0.15, 0.2) is 0 Å². The maximum atomic E-state index is 4.37. The lowest BCUT2D eigenvalue weighted by Gasteiger charge is -2.29. The number of hydrogen-bond acceptors (Lipinski definition) is 3. The Balaban J connectivity index is 1.74. The second-order valence-corrected chi connectivity index (χ2v) is 5.93. The average molecular weight is 312 g/mol. The van der Waals surface area contributed by atoms with Crippen molar-refractivity contribution in [1.29, 1.82) is 0 Å². The summed E-state index contributed by atoms with van der Waals surface area (Å²) in [5, 5.41) is 3.55. The minimum absolute atomic E-state index is 0.511. The molecule has 2 rings (SSSR count). The fourth-order valence-electron chi connectivity index (χ4n) is 2.41. The first-order valence-electron chi connectivity index (χ1n) is 6.81. The highest BCUT2D eigenvalue weighted by molar-refractivity contribution is 9.10. The Morgan fingerprint density at radius 1 is 1.39 bits per heavy atom. The number of aromatic nitrogens is 1. The summed E-state index contributed by atoms with van der Waals surface area (Å²) in [6, 6.07) is 4.50. The summed E-state index contributed by atoms with van der Waals surface area (Å²) in [7, 11) is 0. The second kappa shape index (κ2) is 7.22. The molecule has 4 heteroatoms. The molecule has 1 fully saturated rings. The fourth-order valence-corrected chi connectivity index (χ4v) is 2.81. The molecule has 1 aliphatic rings. The maximum absolute atomic E-state index is 4.37. The topological polar surface area (TPSA) is 28.2 Å². The van der Waals surface area contributed by atoms with Gasteiger partial charge in [-0.1, -0.05) is 6.42 Å². The molecule has 1 aromatic heterocycles. The summed E-state index contributed by atoms with van der Waals surface area (Å²) < 4.78 is 1.09. The standard InChI is InChI=1S/C14H22BrN3/c1-12(11-18-8-3-2-4-9-18)17-10-14-13(15)6-5-7-16-14/h5-7,12,17H,2-4,8-11H2,1H3. The van der Waals surface area contributed by atoms with Crippen molar-refractivity contribution in [2.24, 2.45) is 0 Å². The van der Waals surface area contributed by atoms with Crippen molar-refractivity contribution in [3.8, 4) is 0 Å². The molecule has 1 N–H and O–H groups in total. The Morgan fingerprint density at radius 3 is 2.89 bits per heavy atom. The SMILES string of the molecule is CC(CN1CCCCC1)NCc1ncccc1Br. The van der Waals surface area contributed by atoms with Gasteiger partial charge in [0, 0.05) is 29.8 Å². The van der Waals surface area contributed by atoms with Crippen molar-refractivity contribution in [1.82, 2.24) is 15.2 Å². The predicted octanol–water partition coefficient (Wildman–Crippen LogP) is 2.81. The maximum Gasteiger partial charge on any atom is 0.0683 e. The molecule has 1 atom stereocenters. The largest absolute Gasteiger partial charge is 0.307 e.